The molecular formula is C20H27FN4O3. The summed E-state index contributed by atoms with van der Waals surface area (Å²) < 4.78 is 20.4. The Kier molecular flexibility index (Phi) is 5.81. The Morgan fingerprint density at radius 2 is 2.00 bits per heavy atom. The summed E-state index contributed by atoms with van der Waals surface area (Å²) in [7, 11) is 0. The minimum Gasteiger partial charge on any atom is -0.373 e. The van der Waals surface area contributed by atoms with E-state index in [9.17, 15) is 14.0 Å². The molecule has 0 aliphatic carbocycles. The number of halogens is 1. The lowest BCUT2D eigenvalue weighted by molar-refractivity contribution is -0.123. The van der Waals surface area contributed by atoms with E-state index in [-0.39, 0.29) is 35.6 Å². The predicted molar refractivity (Wildman–Crippen MR) is 105 cm³/mol. The zero-order valence-electron chi connectivity index (χ0n) is 16.7. The number of nitrogens with one attached hydrogen (secondary N) is 1. The Hall–Kier alpha value is -2.32. The van der Waals surface area contributed by atoms with Crippen molar-refractivity contribution in [2.24, 2.45) is 0 Å². The lowest BCUT2D eigenvalue weighted by Crippen LogP contribution is -2.58. The first-order valence-electron chi connectivity index (χ1n) is 9.47. The van der Waals surface area contributed by atoms with Crippen LogP contribution in [0.15, 0.2) is 29.3 Å². The molecule has 8 heteroatoms. The van der Waals surface area contributed by atoms with Gasteiger partial charge in [-0.15, -0.1) is 0 Å². The van der Waals surface area contributed by atoms with Crippen LogP contribution in [0.1, 0.15) is 27.7 Å². The van der Waals surface area contributed by atoms with E-state index in [1.807, 2.05) is 13.8 Å². The van der Waals surface area contributed by atoms with Crippen LogP contribution in [0.2, 0.25) is 0 Å². The number of fused-ring (bicyclic) bond motifs is 1. The molecule has 1 aromatic heterocycles. The molecule has 0 unspecified atom stereocenters. The van der Waals surface area contributed by atoms with Gasteiger partial charge in [-0.3, -0.25) is 19.1 Å². The maximum atomic E-state index is 13.4. The van der Waals surface area contributed by atoms with Gasteiger partial charge in [0, 0.05) is 25.2 Å². The third kappa shape index (κ3) is 4.56. The average Bonchev–Trinajstić information content (AvgIpc) is 2.62. The zero-order chi connectivity index (χ0) is 20.5. The maximum absolute atomic E-state index is 13.4. The second-order valence-electron chi connectivity index (χ2n) is 8.09. The van der Waals surface area contributed by atoms with Crippen molar-refractivity contribution in [2.45, 2.75) is 52.0 Å². The van der Waals surface area contributed by atoms with Gasteiger partial charge in [-0.1, -0.05) is 0 Å². The molecule has 7 nitrogen and oxygen atoms in total. The number of hydrogen-bond acceptors (Lipinski definition) is 5. The number of nitrogens with zero attached hydrogens (tertiary/aromatic N) is 3. The van der Waals surface area contributed by atoms with E-state index >= 15 is 0 Å². The molecule has 0 bridgehead atoms. The lowest BCUT2D eigenvalue weighted by Gasteiger charge is -2.45. The Balaban J connectivity index is 1.65. The van der Waals surface area contributed by atoms with Crippen LogP contribution in [-0.2, 0) is 16.1 Å². The predicted octanol–water partition coefficient (Wildman–Crippen LogP) is 1.54. The van der Waals surface area contributed by atoms with E-state index in [1.165, 1.54) is 23.0 Å². The molecule has 2 atom stereocenters. The van der Waals surface area contributed by atoms with Crippen molar-refractivity contribution in [1.29, 1.82) is 0 Å². The monoisotopic (exact) mass is 390 g/mol. The number of rotatable bonds is 5. The van der Waals surface area contributed by atoms with Gasteiger partial charge in [0.15, 0.2) is 0 Å². The first kappa shape index (κ1) is 20.4. The van der Waals surface area contributed by atoms with E-state index in [1.54, 1.807) is 0 Å². The minimum absolute atomic E-state index is 0.140. The van der Waals surface area contributed by atoms with Gasteiger partial charge in [-0.25, -0.2) is 9.37 Å². The summed E-state index contributed by atoms with van der Waals surface area (Å²) in [6.45, 7) is 10.1. The fraction of sp³-hybridized carbons (Fsp3) is 0.550. The van der Waals surface area contributed by atoms with Crippen LogP contribution in [0.25, 0.3) is 10.9 Å². The fourth-order valence-corrected chi connectivity index (χ4v) is 3.55. The molecule has 2 aromatic rings. The van der Waals surface area contributed by atoms with Crippen LogP contribution in [-0.4, -0.2) is 57.7 Å². The van der Waals surface area contributed by atoms with Crippen molar-refractivity contribution in [3.05, 3.63) is 40.7 Å². The standard InChI is InChI=1S/C20H27FN4O3/c1-13-8-25(9-14(2)28-13)20(3,4)11-22-18(26)10-24-12-23-17-6-5-15(21)7-16(17)19(24)27/h5-7,12-14H,8-11H2,1-4H3,(H,22,26)/t13-,14+. The number of hydrogen-bond donors (Lipinski definition) is 1. The van der Waals surface area contributed by atoms with Gasteiger partial charge in [-0.2, -0.15) is 0 Å². The fourth-order valence-electron chi connectivity index (χ4n) is 3.55. The summed E-state index contributed by atoms with van der Waals surface area (Å²) in [5.41, 5.74) is -0.285. The first-order valence-corrected chi connectivity index (χ1v) is 9.47. The van der Waals surface area contributed by atoms with Gasteiger partial charge in [-0.05, 0) is 45.9 Å². The molecule has 1 aliphatic heterocycles. The Morgan fingerprint density at radius 3 is 2.68 bits per heavy atom. The van der Waals surface area contributed by atoms with Gasteiger partial charge in [0.2, 0.25) is 5.91 Å². The Labute approximate surface area is 163 Å². The molecule has 1 aliphatic rings. The van der Waals surface area contributed by atoms with Crippen molar-refractivity contribution in [1.82, 2.24) is 19.8 Å². The van der Waals surface area contributed by atoms with Crippen LogP contribution in [0.4, 0.5) is 4.39 Å². The number of aromatic nitrogens is 2. The van der Waals surface area contributed by atoms with Crippen LogP contribution in [0, 0.1) is 5.82 Å². The van der Waals surface area contributed by atoms with Crippen LogP contribution in [0.3, 0.4) is 0 Å². The Bertz CT molecular complexity index is 917. The summed E-state index contributed by atoms with van der Waals surface area (Å²) >= 11 is 0. The topological polar surface area (TPSA) is 76.5 Å². The molecule has 1 saturated heterocycles. The highest BCUT2D eigenvalue weighted by molar-refractivity contribution is 5.79. The molecule has 1 aromatic carbocycles. The molecule has 1 amide bonds. The second kappa shape index (κ2) is 7.97. The highest BCUT2D eigenvalue weighted by Crippen LogP contribution is 2.20. The molecule has 28 heavy (non-hydrogen) atoms. The van der Waals surface area contributed by atoms with Crippen molar-refractivity contribution in [3.63, 3.8) is 0 Å². The van der Waals surface area contributed by atoms with Crippen LogP contribution in [0.5, 0.6) is 0 Å². The zero-order valence-corrected chi connectivity index (χ0v) is 16.7. The molecule has 2 heterocycles. The summed E-state index contributed by atoms with van der Waals surface area (Å²) in [6, 6.07) is 3.84. The molecule has 1 N–H and O–H groups in total. The second-order valence-corrected chi connectivity index (χ2v) is 8.09. The van der Waals surface area contributed by atoms with Crippen LogP contribution < -0.4 is 10.9 Å². The summed E-state index contributed by atoms with van der Waals surface area (Å²) in [5.74, 6) is -0.800. The van der Waals surface area contributed by atoms with Gasteiger partial charge in [0.1, 0.15) is 12.4 Å². The van der Waals surface area contributed by atoms with Gasteiger partial charge in [0.25, 0.3) is 5.56 Å². The maximum Gasteiger partial charge on any atom is 0.261 e. The van der Waals surface area contributed by atoms with E-state index in [0.717, 1.165) is 19.2 Å². The smallest absolute Gasteiger partial charge is 0.261 e. The molecule has 0 radical (unpaired) electrons. The molecule has 0 saturated carbocycles. The van der Waals surface area contributed by atoms with Crippen molar-refractivity contribution >= 4 is 16.8 Å². The quantitative estimate of drug-likeness (QED) is 0.838. The summed E-state index contributed by atoms with van der Waals surface area (Å²) in [5, 5.41) is 3.06. The number of carbonyl (C=O) groups is 1. The van der Waals surface area contributed by atoms with Gasteiger partial charge >= 0.3 is 0 Å². The van der Waals surface area contributed by atoms with E-state index in [4.69, 9.17) is 4.74 Å². The van der Waals surface area contributed by atoms with Crippen LogP contribution >= 0.6 is 0 Å². The van der Waals surface area contributed by atoms with Crippen molar-refractivity contribution < 1.29 is 13.9 Å². The van der Waals surface area contributed by atoms with Crippen molar-refractivity contribution in [2.75, 3.05) is 19.6 Å². The number of amides is 1. The summed E-state index contributed by atoms with van der Waals surface area (Å²) in [6.07, 6.45) is 1.60. The molecular weight excluding hydrogens is 363 g/mol. The molecule has 152 valence electrons. The number of benzene rings is 1. The van der Waals surface area contributed by atoms with E-state index in [2.05, 4.69) is 29.0 Å². The summed E-state index contributed by atoms with van der Waals surface area (Å²) in [4.78, 5) is 31.3. The first-order chi connectivity index (χ1) is 13.2. The number of carbonyl (C=O) groups excluding carboxylic acids is 1. The average molecular weight is 390 g/mol. The molecule has 3 rings (SSSR count). The third-order valence-electron chi connectivity index (χ3n) is 5.09. The lowest BCUT2D eigenvalue weighted by atomic mass is 10.00. The minimum atomic E-state index is -0.510. The van der Waals surface area contributed by atoms with E-state index < -0.39 is 11.4 Å². The molecule has 0 spiro atoms. The van der Waals surface area contributed by atoms with Gasteiger partial charge in [0.05, 0.1) is 29.4 Å². The van der Waals surface area contributed by atoms with E-state index in [0.29, 0.717) is 12.1 Å². The Morgan fingerprint density at radius 1 is 1.32 bits per heavy atom. The number of morpholine rings is 1. The molecule has 1 fully saturated rings. The number of ether oxygens (including phenoxy) is 1. The van der Waals surface area contributed by atoms with Crippen molar-refractivity contribution in [3.8, 4) is 0 Å². The van der Waals surface area contributed by atoms with Gasteiger partial charge < -0.3 is 10.1 Å². The highest BCUT2D eigenvalue weighted by Gasteiger charge is 2.33. The largest absolute Gasteiger partial charge is 0.373 e. The normalized spacial score (nSPS) is 21.0. The highest BCUT2D eigenvalue weighted by atomic mass is 19.1. The third-order valence-corrected chi connectivity index (χ3v) is 5.09. The SMILES string of the molecule is C[C@@H]1CN(C(C)(C)CNC(=O)Cn2cnc3ccc(F)cc3c2=O)C[C@H](C)O1.